The maximum atomic E-state index is 13.4. The van der Waals surface area contributed by atoms with E-state index in [4.69, 9.17) is 4.74 Å². The molecule has 1 aromatic heterocycles. The van der Waals surface area contributed by atoms with Crippen LogP contribution in [0, 0.1) is 0 Å². The minimum absolute atomic E-state index is 0.0534. The van der Waals surface area contributed by atoms with Crippen molar-refractivity contribution in [3.8, 4) is 5.75 Å². The average Bonchev–Trinajstić information content (AvgIpc) is 3.16. The average molecular weight is 477 g/mol. The Kier molecular flexibility index (Phi) is 7.54. The van der Waals surface area contributed by atoms with E-state index in [9.17, 15) is 14.4 Å². The molecule has 2 aromatic carbocycles. The van der Waals surface area contributed by atoms with Gasteiger partial charge in [0.05, 0.1) is 24.5 Å². The Morgan fingerprint density at radius 2 is 1.76 bits per heavy atom. The summed E-state index contributed by atoms with van der Waals surface area (Å²) in [5, 5.41) is 0.473. The molecular formula is C25H24N4O4S. The zero-order valence-electron chi connectivity index (χ0n) is 18.7. The van der Waals surface area contributed by atoms with Gasteiger partial charge < -0.3 is 9.64 Å². The summed E-state index contributed by atoms with van der Waals surface area (Å²) in [6, 6.07) is 17.0. The molecule has 4 rings (SSSR count). The van der Waals surface area contributed by atoms with Gasteiger partial charge in [-0.1, -0.05) is 42.1 Å². The number of rotatable bonds is 9. The van der Waals surface area contributed by atoms with Gasteiger partial charge in [-0.3, -0.25) is 14.4 Å². The number of anilines is 1. The first-order chi connectivity index (χ1) is 16.6. The lowest BCUT2D eigenvalue weighted by Gasteiger charge is -2.27. The van der Waals surface area contributed by atoms with Crippen LogP contribution in [0.15, 0.2) is 78.2 Å². The molecule has 3 amide bonds. The highest BCUT2D eigenvalue weighted by Crippen LogP contribution is 2.29. The second kappa shape index (κ2) is 10.9. The van der Waals surface area contributed by atoms with Crippen LogP contribution in [0.2, 0.25) is 0 Å². The first kappa shape index (κ1) is 23.4. The fraction of sp³-hybridized carbons (Fsp3) is 0.240. The topological polar surface area (TPSA) is 92.7 Å². The zero-order chi connectivity index (χ0) is 23.9. The van der Waals surface area contributed by atoms with Crippen molar-refractivity contribution in [2.75, 3.05) is 17.3 Å². The largest absolute Gasteiger partial charge is 0.494 e. The molecule has 1 unspecified atom stereocenters. The molecule has 0 aliphatic carbocycles. The highest BCUT2D eigenvalue weighted by atomic mass is 32.2. The van der Waals surface area contributed by atoms with Crippen molar-refractivity contribution in [3.63, 3.8) is 0 Å². The lowest BCUT2D eigenvalue weighted by molar-refractivity contribution is -0.136. The molecule has 8 nitrogen and oxygen atoms in total. The molecule has 0 bridgehead atoms. The van der Waals surface area contributed by atoms with Gasteiger partial charge in [0.1, 0.15) is 11.8 Å². The van der Waals surface area contributed by atoms with Gasteiger partial charge in [0.25, 0.3) is 5.91 Å². The van der Waals surface area contributed by atoms with E-state index >= 15 is 0 Å². The number of thioether (sulfide) groups is 1. The number of ether oxygens (including phenoxy) is 1. The Bertz CT molecular complexity index is 1140. The summed E-state index contributed by atoms with van der Waals surface area (Å²) >= 11 is 1.19. The van der Waals surface area contributed by atoms with Crippen LogP contribution in [-0.2, 0) is 20.9 Å². The summed E-state index contributed by atoms with van der Waals surface area (Å²) in [6.07, 6.45) is 3.14. The zero-order valence-corrected chi connectivity index (χ0v) is 19.5. The number of aromatic nitrogens is 2. The van der Waals surface area contributed by atoms with Gasteiger partial charge in [-0.25, -0.2) is 14.9 Å². The van der Waals surface area contributed by atoms with Crippen molar-refractivity contribution in [1.82, 2.24) is 14.9 Å². The second-order valence-corrected chi connectivity index (χ2v) is 8.48. The summed E-state index contributed by atoms with van der Waals surface area (Å²) in [7, 11) is 0. The Balaban J connectivity index is 1.55. The van der Waals surface area contributed by atoms with E-state index in [-0.39, 0.29) is 30.5 Å². The third-order valence-electron chi connectivity index (χ3n) is 5.29. The number of benzene rings is 2. The summed E-state index contributed by atoms with van der Waals surface area (Å²) in [5.41, 5.74) is 1.33. The van der Waals surface area contributed by atoms with Crippen LogP contribution in [0.25, 0.3) is 0 Å². The molecule has 0 spiro atoms. The molecule has 1 saturated heterocycles. The van der Waals surface area contributed by atoms with Crippen LogP contribution in [0.1, 0.15) is 18.9 Å². The monoisotopic (exact) mass is 476 g/mol. The van der Waals surface area contributed by atoms with Crippen LogP contribution in [0.4, 0.5) is 5.69 Å². The summed E-state index contributed by atoms with van der Waals surface area (Å²) < 4.78 is 5.44. The van der Waals surface area contributed by atoms with Crippen molar-refractivity contribution < 1.29 is 19.1 Å². The molecule has 1 atom stereocenters. The summed E-state index contributed by atoms with van der Waals surface area (Å²) in [4.78, 5) is 50.4. The summed E-state index contributed by atoms with van der Waals surface area (Å²) in [5.74, 6) is -0.315. The Labute approximate surface area is 202 Å². The van der Waals surface area contributed by atoms with Crippen LogP contribution in [-0.4, -0.2) is 51.0 Å². The standard InChI is InChI=1S/C25H24N4O4S/c1-2-33-20-11-9-19(10-12-20)29-22(30)15-21(24(29)32)28(16-18-7-4-3-5-8-18)23(31)17-34-25-26-13-6-14-27-25/h3-14,21H,2,15-17H2,1H3. The number of carbonyl (C=O) groups excluding carboxylic acids is 3. The van der Waals surface area contributed by atoms with Gasteiger partial charge in [-0.15, -0.1) is 0 Å². The maximum Gasteiger partial charge on any atom is 0.257 e. The SMILES string of the molecule is CCOc1ccc(N2C(=O)CC(N(Cc3ccccc3)C(=O)CSc3ncccn3)C2=O)cc1. The molecule has 0 radical (unpaired) electrons. The fourth-order valence-electron chi connectivity index (χ4n) is 3.71. The molecule has 0 saturated carbocycles. The van der Waals surface area contributed by atoms with Gasteiger partial charge in [0.15, 0.2) is 5.16 Å². The molecule has 1 fully saturated rings. The molecular weight excluding hydrogens is 452 g/mol. The smallest absolute Gasteiger partial charge is 0.257 e. The van der Waals surface area contributed by atoms with Crippen molar-refractivity contribution in [1.29, 1.82) is 0 Å². The lowest BCUT2D eigenvalue weighted by atomic mass is 10.1. The fourth-order valence-corrected chi connectivity index (χ4v) is 4.40. The first-order valence-electron chi connectivity index (χ1n) is 10.9. The van der Waals surface area contributed by atoms with E-state index < -0.39 is 11.9 Å². The van der Waals surface area contributed by atoms with Gasteiger partial charge >= 0.3 is 0 Å². The van der Waals surface area contributed by atoms with Crippen molar-refractivity contribution >= 4 is 35.2 Å². The highest BCUT2D eigenvalue weighted by molar-refractivity contribution is 7.99. The predicted octanol–water partition coefficient (Wildman–Crippen LogP) is 3.33. The molecule has 9 heteroatoms. The predicted molar refractivity (Wildman–Crippen MR) is 128 cm³/mol. The van der Waals surface area contributed by atoms with Crippen LogP contribution >= 0.6 is 11.8 Å². The van der Waals surface area contributed by atoms with E-state index in [2.05, 4.69) is 9.97 Å². The quantitative estimate of drug-likeness (QED) is 0.266. The number of carbonyl (C=O) groups is 3. The molecule has 0 N–H and O–H groups in total. The number of nitrogens with zero attached hydrogens (tertiary/aromatic N) is 4. The van der Waals surface area contributed by atoms with Crippen molar-refractivity contribution in [3.05, 3.63) is 78.6 Å². The van der Waals surface area contributed by atoms with E-state index in [0.717, 1.165) is 10.5 Å². The highest BCUT2D eigenvalue weighted by Gasteiger charge is 2.44. The van der Waals surface area contributed by atoms with Crippen LogP contribution < -0.4 is 9.64 Å². The van der Waals surface area contributed by atoms with Crippen molar-refractivity contribution in [2.24, 2.45) is 0 Å². The van der Waals surface area contributed by atoms with E-state index in [0.29, 0.717) is 23.2 Å². The normalized spacial score (nSPS) is 15.4. The van der Waals surface area contributed by atoms with Crippen LogP contribution in [0.3, 0.4) is 0 Å². The molecule has 3 aromatic rings. The molecule has 34 heavy (non-hydrogen) atoms. The van der Waals surface area contributed by atoms with Gasteiger partial charge in [0, 0.05) is 18.9 Å². The van der Waals surface area contributed by atoms with Crippen molar-refractivity contribution in [2.45, 2.75) is 31.1 Å². The number of hydrogen-bond acceptors (Lipinski definition) is 7. The Hall–Kier alpha value is -3.72. The van der Waals surface area contributed by atoms with Gasteiger partial charge in [-0.05, 0) is 42.8 Å². The maximum absolute atomic E-state index is 13.4. The van der Waals surface area contributed by atoms with Crippen LogP contribution in [0.5, 0.6) is 5.75 Å². The number of imide groups is 1. The lowest BCUT2D eigenvalue weighted by Crippen LogP contribution is -2.45. The third-order valence-corrected chi connectivity index (χ3v) is 6.15. The van der Waals surface area contributed by atoms with E-state index in [1.54, 1.807) is 42.7 Å². The second-order valence-electron chi connectivity index (χ2n) is 7.54. The summed E-state index contributed by atoms with van der Waals surface area (Å²) in [6.45, 7) is 2.62. The molecule has 174 valence electrons. The van der Waals surface area contributed by atoms with E-state index in [1.807, 2.05) is 37.3 Å². The minimum atomic E-state index is -0.885. The molecule has 1 aliphatic rings. The number of hydrogen-bond donors (Lipinski definition) is 0. The first-order valence-corrected chi connectivity index (χ1v) is 11.9. The molecule has 2 heterocycles. The van der Waals surface area contributed by atoms with Gasteiger partial charge in [-0.2, -0.15) is 0 Å². The molecule has 1 aliphatic heterocycles. The Morgan fingerprint density at radius 1 is 1.06 bits per heavy atom. The third kappa shape index (κ3) is 5.43. The minimum Gasteiger partial charge on any atom is -0.494 e. The Morgan fingerprint density at radius 3 is 2.44 bits per heavy atom. The number of amides is 3. The van der Waals surface area contributed by atoms with E-state index in [1.165, 1.54) is 16.7 Å². The van der Waals surface area contributed by atoms with Gasteiger partial charge in [0.2, 0.25) is 11.8 Å².